The highest BCUT2D eigenvalue weighted by Gasteiger charge is 2.14. The van der Waals surface area contributed by atoms with Gasteiger partial charge in [-0.15, -0.1) is 0 Å². The van der Waals surface area contributed by atoms with E-state index in [1.165, 1.54) is 0 Å². The summed E-state index contributed by atoms with van der Waals surface area (Å²) in [5.41, 5.74) is 6.40. The molecule has 2 heterocycles. The number of anilines is 1. The standard InChI is InChI=1S/C15H25N5O/c1-19-7-9-20(10-8-19)14-5-4-13(11-17-14)12-18-15(21)3-2-6-16/h4-5,11H,2-3,6-10,12,16H2,1H3,(H,18,21). The van der Waals surface area contributed by atoms with E-state index in [1.807, 2.05) is 18.3 Å². The van der Waals surface area contributed by atoms with Crippen LogP contribution in [0, 0.1) is 0 Å². The van der Waals surface area contributed by atoms with Crippen LogP contribution in [0.4, 0.5) is 5.82 Å². The second kappa shape index (κ2) is 7.95. The number of nitrogens with one attached hydrogen (secondary N) is 1. The second-order valence-electron chi connectivity index (χ2n) is 5.48. The molecule has 0 aliphatic carbocycles. The van der Waals surface area contributed by atoms with E-state index in [0.717, 1.165) is 44.0 Å². The van der Waals surface area contributed by atoms with Gasteiger partial charge in [0.25, 0.3) is 0 Å². The number of likely N-dealkylation sites (N-methyl/N-ethyl adjacent to an activating group) is 1. The van der Waals surface area contributed by atoms with Gasteiger partial charge in [-0.25, -0.2) is 4.98 Å². The molecule has 3 N–H and O–H groups in total. The predicted molar refractivity (Wildman–Crippen MR) is 84.1 cm³/mol. The van der Waals surface area contributed by atoms with Gasteiger partial charge in [0.1, 0.15) is 5.82 Å². The Hall–Kier alpha value is -1.66. The maximum Gasteiger partial charge on any atom is 0.220 e. The number of hydrogen-bond donors (Lipinski definition) is 2. The van der Waals surface area contributed by atoms with Gasteiger partial charge in [0.2, 0.25) is 5.91 Å². The van der Waals surface area contributed by atoms with E-state index in [9.17, 15) is 4.79 Å². The summed E-state index contributed by atoms with van der Waals surface area (Å²) in [5, 5.41) is 2.88. The first-order valence-electron chi connectivity index (χ1n) is 7.54. The molecule has 0 unspecified atom stereocenters. The Morgan fingerprint density at radius 3 is 2.71 bits per heavy atom. The molecule has 0 bridgehead atoms. The van der Waals surface area contributed by atoms with Crippen LogP contribution in [0.3, 0.4) is 0 Å². The van der Waals surface area contributed by atoms with Crippen LogP contribution >= 0.6 is 0 Å². The van der Waals surface area contributed by atoms with Gasteiger partial charge < -0.3 is 20.9 Å². The molecule has 1 saturated heterocycles. The summed E-state index contributed by atoms with van der Waals surface area (Å²) in [6.07, 6.45) is 3.06. The van der Waals surface area contributed by atoms with Gasteiger partial charge in [-0.1, -0.05) is 6.07 Å². The van der Waals surface area contributed by atoms with E-state index in [-0.39, 0.29) is 5.91 Å². The first-order valence-corrected chi connectivity index (χ1v) is 7.54. The van der Waals surface area contributed by atoms with Crippen molar-refractivity contribution in [1.82, 2.24) is 15.2 Å². The molecule has 1 fully saturated rings. The number of hydrogen-bond acceptors (Lipinski definition) is 5. The van der Waals surface area contributed by atoms with Crippen molar-refractivity contribution in [3.8, 4) is 0 Å². The predicted octanol–water partition coefficient (Wildman–Crippen LogP) is 0.189. The molecule has 21 heavy (non-hydrogen) atoms. The molecule has 1 aromatic rings. The van der Waals surface area contributed by atoms with Gasteiger partial charge in [-0.3, -0.25) is 4.79 Å². The fourth-order valence-electron chi connectivity index (χ4n) is 2.30. The van der Waals surface area contributed by atoms with Crippen molar-refractivity contribution >= 4 is 11.7 Å². The molecule has 0 atom stereocenters. The third-order valence-electron chi connectivity index (χ3n) is 3.73. The molecular formula is C15H25N5O. The molecule has 2 rings (SSSR count). The molecular weight excluding hydrogens is 266 g/mol. The summed E-state index contributed by atoms with van der Waals surface area (Å²) in [4.78, 5) is 20.6. The first kappa shape index (κ1) is 15.7. The lowest BCUT2D eigenvalue weighted by atomic mass is 10.2. The lowest BCUT2D eigenvalue weighted by molar-refractivity contribution is -0.121. The Morgan fingerprint density at radius 2 is 2.10 bits per heavy atom. The second-order valence-corrected chi connectivity index (χ2v) is 5.48. The van der Waals surface area contributed by atoms with Gasteiger partial charge in [-0.2, -0.15) is 0 Å². The quantitative estimate of drug-likeness (QED) is 0.782. The maximum atomic E-state index is 11.5. The fourth-order valence-corrected chi connectivity index (χ4v) is 2.30. The Kier molecular flexibility index (Phi) is 5.95. The number of rotatable bonds is 6. The molecule has 6 nitrogen and oxygen atoms in total. The summed E-state index contributed by atoms with van der Waals surface area (Å²) in [7, 11) is 2.14. The van der Waals surface area contributed by atoms with Crippen molar-refractivity contribution in [3.63, 3.8) is 0 Å². The SMILES string of the molecule is CN1CCN(c2ccc(CNC(=O)CCCN)cn2)CC1. The smallest absolute Gasteiger partial charge is 0.220 e. The highest BCUT2D eigenvalue weighted by Crippen LogP contribution is 2.13. The molecule has 6 heteroatoms. The van der Waals surface area contributed by atoms with Crippen molar-refractivity contribution in [3.05, 3.63) is 23.9 Å². The largest absolute Gasteiger partial charge is 0.354 e. The van der Waals surface area contributed by atoms with Crippen LogP contribution in [0.15, 0.2) is 18.3 Å². The zero-order valence-electron chi connectivity index (χ0n) is 12.7. The van der Waals surface area contributed by atoms with E-state index in [1.54, 1.807) is 0 Å². The zero-order chi connectivity index (χ0) is 15.1. The number of carbonyl (C=O) groups is 1. The molecule has 0 saturated carbocycles. The van der Waals surface area contributed by atoms with Crippen LogP contribution < -0.4 is 16.0 Å². The number of nitrogens with two attached hydrogens (primary N) is 1. The van der Waals surface area contributed by atoms with Crippen molar-refractivity contribution in [2.45, 2.75) is 19.4 Å². The third kappa shape index (κ3) is 4.99. The maximum absolute atomic E-state index is 11.5. The molecule has 0 spiro atoms. The minimum absolute atomic E-state index is 0.0450. The van der Waals surface area contributed by atoms with Gasteiger partial charge in [0, 0.05) is 45.3 Å². The van der Waals surface area contributed by atoms with Gasteiger partial charge in [-0.05, 0) is 31.6 Å². The summed E-state index contributed by atoms with van der Waals surface area (Å²) in [6.45, 7) is 5.24. The summed E-state index contributed by atoms with van der Waals surface area (Å²) < 4.78 is 0. The number of carbonyl (C=O) groups excluding carboxylic acids is 1. The molecule has 0 radical (unpaired) electrons. The van der Waals surface area contributed by atoms with Crippen LogP contribution in [0.2, 0.25) is 0 Å². The normalized spacial score (nSPS) is 16.0. The molecule has 0 aromatic carbocycles. The summed E-state index contributed by atoms with van der Waals surface area (Å²) in [6, 6.07) is 4.07. The highest BCUT2D eigenvalue weighted by molar-refractivity contribution is 5.75. The van der Waals surface area contributed by atoms with Crippen molar-refractivity contribution in [2.75, 3.05) is 44.7 Å². The van der Waals surface area contributed by atoms with E-state index in [2.05, 4.69) is 27.1 Å². The van der Waals surface area contributed by atoms with Crippen molar-refractivity contribution in [1.29, 1.82) is 0 Å². The van der Waals surface area contributed by atoms with Crippen molar-refractivity contribution in [2.24, 2.45) is 5.73 Å². The van der Waals surface area contributed by atoms with Gasteiger partial charge >= 0.3 is 0 Å². The molecule has 1 amide bonds. The lowest BCUT2D eigenvalue weighted by Gasteiger charge is -2.33. The Labute approximate surface area is 126 Å². The molecule has 1 aliphatic heterocycles. The Balaban J connectivity index is 1.80. The Bertz CT molecular complexity index is 440. The minimum atomic E-state index is 0.0450. The van der Waals surface area contributed by atoms with Crippen LogP contribution in [-0.4, -0.2) is 55.6 Å². The van der Waals surface area contributed by atoms with Crippen LogP contribution in [0.25, 0.3) is 0 Å². The van der Waals surface area contributed by atoms with E-state index < -0.39 is 0 Å². The average molecular weight is 291 g/mol. The van der Waals surface area contributed by atoms with Crippen LogP contribution in [0.1, 0.15) is 18.4 Å². The number of nitrogens with zero attached hydrogens (tertiary/aromatic N) is 3. The summed E-state index contributed by atoms with van der Waals surface area (Å²) >= 11 is 0. The van der Waals surface area contributed by atoms with E-state index in [4.69, 9.17) is 5.73 Å². The lowest BCUT2D eigenvalue weighted by Crippen LogP contribution is -2.44. The number of aromatic nitrogens is 1. The van der Waals surface area contributed by atoms with Crippen LogP contribution in [0.5, 0.6) is 0 Å². The molecule has 1 aliphatic rings. The average Bonchev–Trinajstić information content (AvgIpc) is 2.52. The number of piperazine rings is 1. The first-order chi connectivity index (χ1) is 10.2. The van der Waals surface area contributed by atoms with Crippen molar-refractivity contribution < 1.29 is 4.79 Å². The fraction of sp³-hybridized carbons (Fsp3) is 0.600. The zero-order valence-corrected chi connectivity index (χ0v) is 12.7. The topological polar surface area (TPSA) is 74.5 Å². The molecule has 1 aromatic heterocycles. The third-order valence-corrected chi connectivity index (χ3v) is 3.73. The highest BCUT2D eigenvalue weighted by atomic mass is 16.1. The van der Waals surface area contributed by atoms with Gasteiger partial charge in [0.15, 0.2) is 0 Å². The summed E-state index contributed by atoms with van der Waals surface area (Å²) in [5.74, 6) is 1.06. The van der Waals surface area contributed by atoms with E-state index >= 15 is 0 Å². The van der Waals surface area contributed by atoms with Crippen LogP contribution in [-0.2, 0) is 11.3 Å². The minimum Gasteiger partial charge on any atom is -0.354 e. The molecule has 116 valence electrons. The number of pyridine rings is 1. The van der Waals surface area contributed by atoms with Gasteiger partial charge in [0.05, 0.1) is 0 Å². The monoisotopic (exact) mass is 291 g/mol. The Morgan fingerprint density at radius 1 is 1.33 bits per heavy atom. The number of amides is 1. The van der Waals surface area contributed by atoms with E-state index in [0.29, 0.717) is 19.5 Å².